The molecule has 2 saturated carbocycles. The Morgan fingerprint density at radius 3 is 1.85 bits per heavy atom. The van der Waals surface area contributed by atoms with Crippen molar-refractivity contribution in [2.75, 3.05) is 0 Å². The van der Waals surface area contributed by atoms with Gasteiger partial charge < -0.3 is 15.2 Å². The third-order valence-electron chi connectivity index (χ3n) is 4.86. The monoisotopic (exact) mass is 280 g/mol. The molecule has 0 aromatic heterocycles. The number of nitrogens with one attached hydrogen (secondary N) is 1. The summed E-state index contributed by atoms with van der Waals surface area (Å²) < 4.78 is 0. The Bertz CT molecular complexity index is 335. The predicted molar refractivity (Wildman–Crippen MR) is 74.7 cm³/mol. The summed E-state index contributed by atoms with van der Waals surface area (Å²) in [5, 5.41) is 14.3. The summed E-state index contributed by atoms with van der Waals surface area (Å²) in [6.07, 6.45) is 11.3. The van der Waals surface area contributed by atoms with E-state index in [1.165, 1.54) is 32.1 Å². The van der Waals surface area contributed by atoms with Crippen LogP contribution in [0.4, 0.5) is 0 Å². The van der Waals surface area contributed by atoms with Gasteiger partial charge in [0.15, 0.2) is 0 Å². The average molecular weight is 280 g/mol. The van der Waals surface area contributed by atoms with Crippen molar-refractivity contribution >= 4 is 11.9 Å². The van der Waals surface area contributed by atoms with E-state index in [2.05, 4.69) is 5.32 Å². The van der Waals surface area contributed by atoms with E-state index in [1.807, 2.05) is 0 Å². The number of carbonyl (C=O) groups is 2. The van der Waals surface area contributed by atoms with Crippen molar-refractivity contribution in [1.82, 2.24) is 5.32 Å². The molecule has 0 aromatic carbocycles. The quantitative estimate of drug-likeness (QED) is 0.856. The van der Waals surface area contributed by atoms with Gasteiger partial charge in [0.05, 0.1) is 0 Å². The molecule has 20 heavy (non-hydrogen) atoms. The Labute approximate surface area is 121 Å². The van der Waals surface area contributed by atoms with Crippen molar-refractivity contribution in [1.29, 1.82) is 0 Å². The molecule has 2 fully saturated rings. The zero-order valence-corrected chi connectivity index (χ0v) is 12.2. The van der Waals surface area contributed by atoms with Crippen LogP contribution in [0.5, 0.6) is 0 Å². The van der Waals surface area contributed by atoms with E-state index in [0.29, 0.717) is 12.8 Å². The van der Waals surface area contributed by atoms with E-state index in [0.717, 1.165) is 25.7 Å². The molecule has 2 rings (SSSR count). The molecule has 2 aliphatic carbocycles. The van der Waals surface area contributed by atoms with Gasteiger partial charge in [-0.15, -0.1) is 0 Å². The van der Waals surface area contributed by atoms with Crippen LogP contribution >= 0.6 is 0 Å². The maximum absolute atomic E-state index is 12.4. The van der Waals surface area contributed by atoms with E-state index in [9.17, 15) is 14.7 Å². The molecule has 0 spiro atoms. The molecule has 4 nitrogen and oxygen atoms in total. The van der Waals surface area contributed by atoms with Gasteiger partial charge >= 0.3 is 0 Å². The fourth-order valence-electron chi connectivity index (χ4n) is 3.64. The number of aliphatic carboxylic acids is 1. The number of hydrogen-bond acceptors (Lipinski definition) is 3. The van der Waals surface area contributed by atoms with Gasteiger partial charge in [-0.2, -0.15) is 0 Å². The summed E-state index contributed by atoms with van der Waals surface area (Å²) in [6, 6.07) is 0.243. The van der Waals surface area contributed by atoms with Gasteiger partial charge in [0.25, 0.3) is 0 Å². The number of carboxylic acid groups (broad SMARTS) is 1. The molecule has 114 valence electrons. The average Bonchev–Trinajstić information content (AvgIpc) is 2.41. The molecule has 0 aromatic rings. The van der Waals surface area contributed by atoms with Crippen LogP contribution in [0.15, 0.2) is 0 Å². The Balaban J connectivity index is 1.89. The standard InChI is InChI=1S/C16H27NO3/c18-15(13-10-6-7-11-14(13)16(19)20)17-12-8-4-2-1-3-5-9-12/h12-14H,1-11H2,(H,17,18)(H,19,20)/p-1/t13-,14+/m0/s1. The minimum Gasteiger partial charge on any atom is -0.550 e. The van der Waals surface area contributed by atoms with Crippen molar-refractivity contribution in [3.63, 3.8) is 0 Å². The van der Waals surface area contributed by atoms with E-state index < -0.39 is 11.9 Å². The molecule has 2 aliphatic rings. The van der Waals surface area contributed by atoms with Crippen molar-refractivity contribution < 1.29 is 14.7 Å². The molecule has 1 amide bonds. The lowest BCUT2D eigenvalue weighted by Gasteiger charge is -2.32. The predicted octanol–water partition coefficient (Wildman–Crippen LogP) is 1.77. The number of amides is 1. The highest BCUT2D eigenvalue weighted by molar-refractivity contribution is 5.84. The third-order valence-corrected chi connectivity index (χ3v) is 4.86. The van der Waals surface area contributed by atoms with Crippen molar-refractivity contribution in [3.8, 4) is 0 Å². The lowest BCUT2D eigenvalue weighted by molar-refractivity contribution is -0.314. The first kappa shape index (κ1) is 15.3. The third kappa shape index (κ3) is 4.22. The fourth-order valence-corrected chi connectivity index (χ4v) is 3.64. The lowest BCUT2D eigenvalue weighted by Crippen LogP contribution is -2.47. The molecule has 0 aliphatic heterocycles. The normalized spacial score (nSPS) is 29.2. The van der Waals surface area contributed by atoms with Crippen molar-refractivity contribution in [2.24, 2.45) is 11.8 Å². The van der Waals surface area contributed by atoms with Gasteiger partial charge in [0, 0.05) is 23.8 Å². The number of carboxylic acids is 1. The minimum atomic E-state index is -1.05. The van der Waals surface area contributed by atoms with Gasteiger partial charge in [-0.3, -0.25) is 4.79 Å². The van der Waals surface area contributed by atoms with Crippen LogP contribution in [0.25, 0.3) is 0 Å². The first-order chi connectivity index (χ1) is 9.68. The second-order valence-electron chi connectivity index (χ2n) is 6.37. The molecule has 0 bridgehead atoms. The topological polar surface area (TPSA) is 69.2 Å². The molecular formula is C16H26NO3-. The molecule has 0 heterocycles. The maximum Gasteiger partial charge on any atom is 0.223 e. The van der Waals surface area contributed by atoms with Crippen LogP contribution in [-0.4, -0.2) is 17.9 Å². The van der Waals surface area contributed by atoms with Crippen molar-refractivity contribution in [2.45, 2.75) is 76.7 Å². The Hall–Kier alpha value is -1.06. The van der Waals surface area contributed by atoms with Crippen LogP contribution in [0, 0.1) is 11.8 Å². The summed E-state index contributed by atoms with van der Waals surface area (Å²) >= 11 is 0. The number of carbonyl (C=O) groups excluding carboxylic acids is 2. The Kier molecular flexibility index (Phi) is 5.86. The van der Waals surface area contributed by atoms with Crippen LogP contribution in [0.2, 0.25) is 0 Å². The molecular weight excluding hydrogens is 254 g/mol. The summed E-state index contributed by atoms with van der Waals surface area (Å²) in [5.74, 6) is -2.07. The first-order valence-electron chi connectivity index (χ1n) is 8.19. The SMILES string of the molecule is O=C(NC1CCCCCCC1)[C@H]1CCCC[C@H]1C(=O)[O-]. The van der Waals surface area contributed by atoms with Gasteiger partial charge in [0.2, 0.25) is 5.91 Å². The maximum atomic E-state index is 12.4. The largest absolute Gasteiger partial charge is 0.550 e. The first-order valence-corrected chi connectivity index (χ1v) is 8.19. The van der Waals surface area contributed by atoms with Gasteiger partial charge in [-0.1, -0.05) is 44.9 Å². The minimum absolute atomic E-state index is 0.0514. The molecule has 4 heteroatoms. The summed E-state index contributed by atoms with van der Waals surface area (Å²) in [7, 11) is 0. The molecule has 0 unspecified atom stereocenters. The van der Waals surface area contributed by atoms with Crippen LogP contribution in [-0.2, 0) is 9.59 Å². The molecule has 2 atom stereocenters. The highest BCUT2D eigenvalue weighted by atomic mass is 16.4. The fraction of sp³-hybridized carbons (Fsp3) is 0.875. The van der Waals surface area contributed by atoms with Gasteiger partial charge in [-0.05, 0) is 25.7 Å². The Morgan fingerprint density at radius 1 is 0.750 bits per heavy atom. The highest BCUT2D eigenvalue weighted by Crippen LogP contribution is 2.30. The summed E-state index contributed by atoms with van der Waals surface area (Å²) in [5.41, 5.74) is 0. The summed E-state index contributed by atoms with van der Waals surface area (Å²) in [6.45, 7) is 0. The van der Waals surface area contributed by atoms with Gasteiger partial charge in [-0.25, -0.2) is 0 Å². The smallest absolute Gasteiger partial charge is 0.223 e. The van der Waals surface area contributed by atoms with Crippen LogP contribution in [0.3, 0.4) is 0 Å². The van der Waals surface area contributed by atoms with E-state index >= 15 is 0 Å². The van der Waals surface area contributed by atoms with E-state index in [-0.39, 0.29) is 17.9 Å². The highest BCUT2D eigenvalue weighted by Gasteiger charge is 2.32. The van der Waals surface area contributed by atoms with Gasteiger partial charge in [0.1, 0.15) is 0 Å². The molecule has 0 radical (unpaired) electrons. The zero-order valence-electron chi connectivity index (χ0n) is 12.2. The lowest BCUT2D eigenvalue weighted by atomic mass is 9.78. The molecule has 0 saturated heterocycles. The second kappa shape index (κ2) is 7.65. The number of hydrogen-bond donors (Lipinski definition) is 1. The zero-order chi connectivity index (χ0) is 14.4. The van der Waals surface area contributed by atoms with Crippen LogP contribution in [0.1, 0.15) is 70.6 Å². The molecule has 1 N–H and O–H groups in total. The van der Waals surface area contributed by atoms with Crippen LogP contribution < -0.4 is 10.4 Å². The van der Waals surface area contributed by atoms with Crippen molar-refractivity contribution in [3.05, 3.63) is 0 Å². The number of rotatable bonds is 3. The Morgan fingerprint density at radius 2 is 1.25 bits per heavy atom. The summed E-state index contributed by atoms with van der Waals surface area (Å²) in [4.78, 5) is 23.5. The van der Waals surface area contributed by atoms with E-state index in [1.54, 1.807) is 0 Å². The second-order valence-corrected chi connectivity index (χ2v) is 6.37. The van der Waals surface area contributed by atoms with E-state index in [4.69, 9.17) is 0 Å².